The number of amides is 1. The predicted octanol–water partition coefficient (Wildman–Crippen LogP) is -14.3. The Morgan fingerprint density at radius 2 is 0.927 bits per heavy atom. The molecule has 23 nitrogen and oxygen atoms in total. The summed E-state index contributed by atoms with van der Waals surface area (Å²) in [7, 11) is 0. The first kappa shape index (κ1) is 30.6. The summed E-state index contributed by atoms with van der Waals surface area (Å²) in [6, 6.07) is -7.66. The van der Waals surface area contributed by atoms with Crippen LogP contribution in [0.15, 0.2) is 0 Å². The monoisotopic (exact) mass is 603 g/mol. The number of fused-ring (bicyclic) bond motifs is 1. The molecule has 0 spiro atoms. The van der Waals surface area contributed by atoms with E-state index >= 15 is 0 Å². The Hall–Kier alpha value is -1.84. The second-order valence-corrected chi connectivity index (χ2v) is 11.2. The van der Waals surface area contributed by atoms with Gasteiger partial charge in [-0.3, -0.25) is 4.79 Å². The van der Waals surface area contributed by atoms with Gasteiger partial charge in [0.05, 0.1) is 12.0 Å². The molecule has 5 saturated carbocycles. The topological polar surface area (TPSA) is 454 Å². The molecule has 1 amide bonds. The zero-order valence-corrected chi connectivity index (χ0v) is 19.7. The zero-order valence-electron chi connectivity index (χ0n) is 19.7. The first-order valence-corrected chi connectivity index (χ1v) is 11.1. The number of nitrogens with zero attached hydrogens (tertiary/aromatic N) is 2. The molecule has 1 aliphatic heterocycles. The third-order valence-electron chi connectivity index (χ3n) is 9.84. The maximum Gasteiger partial charge on any atom is 0.244 e. The molecular formula is C18H25N3O20. The van der Waals surface area contributed by atoms with E-state index in [1.165, 1.54) is 0 Å². The fraction of sp³-hybridized carbons (Fsp3) is 0.889. The fourth-order valence-corrected chi connectivity index (χ4v) is 7.77. The van der Waals surface area contributed by atoms with Crippen molar-refractivity contribution in [3.05, 3.63) is 0 Å². The van der Waals surface area contributed by atoms with Gasteiger partial charge in [0.1, 0.15) is 12.1 Å². The lowest BCUT2D eigenvalue weighted by molar-refractivity contribution is -0.712. The molecule has 0 aromatic rings. The molecule has 1 saturated heterocycles. The van der Waals surface area contributed by atoms with Crippen LogP contribution in [0, 0.1) is 22.7 Å². The number of nitrogens with two attached hydrogens (primary N) is 1. The van der Waals surface area contributed by atoms with Crippen LogP contribution >= 0.6 is 0 Å². The summed E-state index contributed by atoms with van der Waals surface area (Å²) in [6.07, 6.45) is 0. The number of nitriles is 1. The van der Waals surface area contributed by atoms with Crippen molar-refractivity contribution < 1.29 is 102 Å². The Bertz CT molecular complexity index is 1200. The van der Waals surface area contributed by atoms with E-state index < -0.39 is 98.5 Å². The van der Waals surface area contributed by atoms with Gasteiger partial charge in [0.2, 0.25) is 63.2 Å². The fourth-order valence-electron chi connectivity index (χ4n) is 7.77. The van der Waals surface area contributed by atoms with Crippen molar-refractivity contribution in [1.29, 1.82) is 5.26 Å². The van der Waals surface area contributed by atoms with Crippen LogP contribution in [-0.4, -0.2) is 189 Å². The van der Waals surface area contributed by atoms with Gasteiger partial charge in [0.25, 0.3) is 0 Å². The Labute approximate surface area is 223 Å². The Balaban J connectivity index is 1.88. The highest BCUT2D eigenvalue weighted by Crippen LogP contribution is 2.80. The predicted molar refractivity (Wildman–Crippen MR) is 106 cm³/mol. The highest BCUT2D eigenvalue weighted by atomic mass is 16.7. The van der Waals surface area contributed by atoms with Crippen LogP contribution in [0.2, 0.25) is 0 Å². The number of likely N-dealkylation sites (tertiary alicyclic amines) is 1. The van der Waals surface area contributed by atoms with Gasteiger partial charge in [0.15, 0.2) is 17.2 Å². The first-order chi connectivity index (χ1) is 17.9. The molecule has 0 radical (unpaired) electrons. The maximum atomic E-state index is 13.6. The summed E-state index contributed by atoms with van der Waals surface area (Å²) >= 11 is 0. The van der Waals surface area contributed by atoms with E-state index in [1.807, 2.05) is 0 Å². The summed E-state index contributed by atoms with van der Waals surface area (Å²) < 4.78 is 0. The van der Waals surface area contributed by atoms with Crippen LogP contribution in [0.1, 0.15) is 0 Å². The van der Waals surface area contributed by atoms with Gasteiger partial charge in [0, 0.05) is 0 Å². The molecule has 41 heavy (non-hydrogen) atoms. The Kier molecular flexibility index (Phi) is 4.95. The van der Waals surface area contributed by atoms with Crippen molar-refractivity contribution in [2.75, 3.05) is 0 Å². The lowest BCUT2D eigenvalue weighted by Gasteiger charge is -2.84. The second-order valence-electron chi connectivity index (χ2n) is 11.2. The van der Waals surface area contributed by atoms with Crippen LogP contribution in [0.5, 0.6) is 0 Å². The molecule has 6 rings (SSSR count). The lowest BCUT2D eigenvalue weighted by atomic mass is 9.29. The SMILES string of the molecule is N#CC1N(C(=O)C(N)C23C(O)(O)C4(O)C(O)(O)C(O)(C(O)(O)C(O)(C4(O)O)C2(O)O)C3(O)O)C2C(C1(O)O)C2(O)O. The largest absolute Gasteiger partial charge is 0.375 e. The minimum absolute atomic E-state index is 0.296. The molecule has 232 valence electrons. The van der Waals surface area contributed by atoms with Gasteiger partial charge in [-0.1, -0.05) is 0 Å². The summed E-state index contributed by atoms with van der Waals surface area (Å²) in [5.74, 6) is -44.5. The van der Waals surface area contributed by atoms with Crippen molar-refractivity contribution in [1.82, 2.24) is 4.90 Å². The molecule has 4 bridgehead atoms. The minimum Gasteiger partial charge on any atom is -0.375 e. The van der Waals surface area contributed by atoms with Gasteiger partial charge in [-0.25, -0.2) is 0 Å². The van der Waals surface area contributed by atoms with Gasteiger partial charge in [-0.05, 0) is 0 Å². The molecule has 5 aliphatic carbocycles. The lowest BCUT2D eigenvalue weighted by Crippen LogP contribution is -3.17. The maximum absolute atomic E-state index is 13.6. The van der Waals surface area contributed by atoms with E-state index in [2.05, 4.69) is 0 Å². The Morgan fingerprint density at radius 1 is 0.610 bits per heavy atom. The van der Waals surface area contributed by atoms with Gasteiger partial charge < -0.3 is 108 Å². The molecule has 21 N–H and O–H groups in total. The molecular weight excluding hydrogens is 578 g/mol. The smallest absolute Gasteiger partial charge is 0.244 e. The molecule has 6 aliphatic rings. The third-order valence-corrected chi connectivity index (χ3v) is 9.84. The zero-order chi connectivity index (χ0) is 32.2. The molecule has 23 heteroatoms. The van der Waals surface area contributed by atoms with E-state index in [-0.39, 0.29) is 4.90 Å². The molecule has 6 fully saturated rings. The van der Waals surface area contributed by atoms with Crippen LogP contribution in [0.4, 0.5) is 0 Å². The standard InChI is InChI=1S/C18H25N3O20/c19-1-2-7(23,24)3-5(8(3,25)26)21(2)6(22)4(20)9-13(30,31)10(27)16(36,37)11(28,14(9,32)33)18(40,41)12(29,15(9,34)35)17(10,38)39/h2-5,23-41H,20H2. The van der Waals surface area contributed by atoms with Gasteiger partial charge in [-0.15, -0.1) is 0 Å². The van der Waals surface area contributed by atoms with Crippen LogP contribution in [0.25, 0.3) is 0 Å². The van der Waals surface area contributed by atoms with E-state index in [9.17, 15) is 107 Å². The molecule has 1 heterocycles. The van der Waals surface area contributed by atoms with Gasteiger partial charge in [-0.2, -0.15) is 5.26 Å². The summed E-state index contributed by atoms with van der Waals surface area (Å²) in [4.78, 5) is 13.3. The van der Waals surface area contributed by atoms with Crippen LogP contribution in [-0.2, 0) is 4.79 Å². The van der Waals surface area contributed by atoms with E-state index in [1.54, 1.807) is 0 Å². The van der Waals surface area contributed by atoms with Crippen LogP contribution in [0.3, 0.4) is 0 Å². The highest BCUT2D eigenvalue weighted by molar-refractivity contribution is 5.86. The Morgan fingerprint density at radius 3 is 1.22 bits per heavy atom. The molecule has 4 atom stereocenters. The quantitative estimate of drug-likeness (QED) is 0.130. The first-order valence-electron chi connectivity index (χ1n) is 11.1. The summed E-state index contributed by atoms with van der Waals surface area (Å²) in [5.41, 5.74) is -16.0. The number of hydrogen-bond donors (Lipinski definition) is 20. The van der Waals surface area contributed by atoms with E-state index in [0.29, 0.717) is 0 Å². The molecule has 4 unspecified atom stereocenters. The molecule has 0 aromatic carbocycles. The average molecular weight is 603 g/mol. The van der Waals surface area contributed by atoms with Crippen molar-refractivity contribution >= 4 is 5.91 Å². The van der Waals surface area contributed by atoms with Crippen molar-refractivity contribution in [2.45, 2.75) is 81.2 Å². The number of carbonyl (C=O) groups excluding carboxylic acids is 1. The highest BCUT2D eigenvalue weighted by Gasteiger charge is 3.14. The number of carbonyl (C=O) groups is 1. The summed E-state index contributed by atoms with van der Waals surface area (Å²) in [5, 5.41) is 212. The number of rotatable bonds is 2. The third kappa shape index (κ3) is 2.05. The average Bonchev–Trinajstić information content (AvgIpc) is 3.27. The minimum atomic E-state index is -5.54. The van der Waals surface area contributed by atoms with E-state index in [4.69, 9.17) is 5.73 Å². The second kappa shape index (κ2) is 6.63. The number of piperidine rings is 1. The number of aliphatic hydroxyl groups is 19. The normalized spacial score (nSPS) is 49.6. The van der Waals surface area contributed by atoms with Crippen molar-refractivity contribution in [3.63, 3.8) is 0 Å². The van der Waals surface area contributed by atoms with Crippen molar-refractivity contribution in [3.8, 4) is 6.07 Å². The molecule has 0 aromatic heterocycles. The van der Waals surface area contributed by atoms with Gasteiger partial charge >= 0.3 is 0 Å². The number of hydrogen-bond acceptors (Lipinski definition) is 22. The summed E-state index contributed by atoms with van der Waals surface area (Å²) in [6.45, 7) is 0. The van der Waals surface area contributed by atoms with Crippen LogP contribution < -0.4 is 5.73 Å². The van der Waals surface area contributed by atoms with E-state index in [0.717, 1.165) is 6.07 Å². The van der Waals surface area contributed by atoms with Crippen molar-refractivity contribution in [2.24, 2.45) is 17.1 Å².